The van der Waals surface area contributed by atoms with Gasteiger partial charge in [0.25, 0.3) is 0 Å². The van der Waals surface area contributed by atoms with Crippen LogP contribution in [0.4, 0.5) is 5.82 Å². The molecule has 7 nitrogen and oxygen atoms in total. The molecule has 3 aliphatic rings. The highest BCUT2D eigenvalue weighted by Crippen LogP contribution is 2.43. The Labute approximate surface area is 185 Å². The van der Waals surface area contributed by atoms with Crippen molar-refractivity contribution in [2.45, 2.75) is 58.0 Å². The zero-order valence-electron chi connectivity index (χ0n) is 17.8. The fraction of sp³-hybridized carbons (Fsp3) is 0.478. The Morgan fingerprint density at radius 2 is 2.00 bits per heavy atom. The number of nitrogens with one attached hydrogen (secondary N) is 2. The molecular weight excluding hydrogens is 410 g/mol. The van der Waals surface area contributed by atoms with Crippen LogP contribution in [0.3, 0.4) is 0 Å². The van der Waals surface area contributed by atoms with Gasteiger partial charge in [0.1, 0.15) is 22.1 Å². The molecule has 1 unspecified atom stereocenters. The van der Waals surface area contributed by atoms with Crippen LogP contribution in [-0.4, -0.2) is 35.5 Å². The molecule has 31 heavy (non-hydrogen) atoms. The Hall–Kier alpha value is -2.67. The number of aromatic amines is 1. The molecule has 3 aliphatic carbocycles. The Morgan fingerprint density at radius 3 is 2.74 bits per heavy atom. The summed E-state index contributed by atoms with van der Waals surface area (Å²) in [6.07, 6.45) is 12.2. The molecule has 7 rings (SSSR count). The minimum Gasteiger partial charge on any atom is -0.366 e. The topological polar surface area (TPSA) is 84.3 Å². The van der Waals surface area contributed by atoms with Crippen LogP contribution in [0.25, 0.3) is 33.6 Å². The Morgan fingerprint density at radius 1 is 1.16 bits per heavy atom. The molecule has 4 heterocycles. The number of hydrogen-bond acceptors (Lipinski definition) is 5. The molecule has 0 radical (unpaired) electrons. The average molecular weight is 436 g/mol. The number of anilines is 1. The molecule has 0 aliphatic heterocycles. The van der Waals surface area contributed by atoms with Gasteiger partial charge in [0, 0.05) is 24.5 Å². The monoisotopic (exact) mass is 435 g/mol. The summed E-state index contributed by atoms with van der Waals surface area (Å²) in [5, 5.41) is 5.26. The fourth-order valence-electron chi connectivity index (χ4n) is 5.45. The highest BCUT2D eigenvalue weighted by Gasteiger charge is 2.36. The first-order valence-corrected chi connectivity index (χ1v) is 11.6. The lowest BCUT2D eigenvalue weighted by Crippen LogP contribution is -2.40. The van der Waals surface area contributed by atoms with E-state index >= 15 is 0 Å². The van der Waals surface area contributed by atoms with Crippen LogP contribution >= 0.6 is 11.6 Å². The van der Waals surface area contributed by atoms with Crippen molar-refractivity contribution < 1.29 is 0 Å². The van der Waals surface area contributed by atoms with Gasteiger partial charge in [-0.1, -0.05) is 24.4 Å². The van der Waals surface area contributed by atoms with Crippen LogP contribution < -0.4 is 5.32 Å². The van der Waals surface area contributed by atoms with Crippen LogP contribution in [0.5, 0.6) is 0 Å². The highest BCUT2D eigenvalue weighted by atomic mass is 35.5. The van der Waals surface area contributed by atoms with Crippen LogP contribution in [0.2, 0.25) is 5.15 Å². The van der Waals surface area contributed by atoms with Crippen molar-refractivity contribution in [3.8, 4) is 11.4 Å². The largest absolute Gasteiger partial charge is 0.366 e. The molecule has 0 spiro atoms. The van der Waals surface area contributed by atoms with E-state index < -0.39 is 0 Å². The lowest BCUT2D eigenvalue weighted by atomic mass is 9.68. The average Bonchev–Trinajstić information content (AvgIpc) is 3.38. The van der Waals surface area contributed by atoms with Crippen LogP contribution in [0.15, 0.2) is 24.7 Å². The molecule has 0 aromatic carbocycles. The lowest BCUT2D eigenvalue weighted by Gasteiger charge is -2.42. The van der Waals surface area contributed by atoms with E-state index in [0.717, 1.165) is 34.3 Å². The molecule has 2 bridgehead atoms. The number of aromatic nitrogens is 6. The molecule has 4 aromatic rings. The summed E-state index contributed by atoms with van der Waals surface area (Å²) in [5.74, 6) is 3.15. The third-order valence-corrected chi connectivity index (χ3v) is 7.27. The van der Waals surface area contributed by atoms with Gasteiger partial charge >= 0.3 is 0 Å². The van der Waals surface area contributed by atoms with Gasteiger partial charge in [0.2, 0.25) is 0 Å². The van der Waals surface area contributed by atoms with E-state index in [1.807, 2.05) is 6.20 Å². The molecule has 4 aromatic heterocycles. The molecular formula is C23H26ClN7. The minimum atomic E-state index is 0.302. The van der Waals surface area contributed by atoms with Crippen molar-refractivity contribution in [1.82, 2.24) is 29.5 Å². The molecule has 2 N–H and O–H groups in total. The van der Waals surface area contributed by atoms with Gasteiger partial charge < -0.3 is 14.9 Å². The summed E-state index contributed by atoms with van der Waals surface area (Å²) in [4.78, 5) is 22.0. The molecule has 8 heteroatoms. The quantitative estimate of drug-likeness (QED) is 0.436. The van der Waals surface area contributed by atoms with Gasteiger partial charge in [0.15, 0.2) is 11.5 Å². The summed E-state index contributed by atoms with van der Waals surface area (Å²) in [5.41, 5.74) is 3.13. The van der Waals surface area contributed by atoms with Crippen molar-refractivity contribution >= 4 is 39.6 Å². The van der Waals surface area contributed by atoms with Crippen molar-refractivity contribution in [2.24, 2.45) is 11.8 Å². The molecule has 3 fully saturated rings. The predicted molar refractivity (Wildman–Crippen MR) is 123 cm³/mol. The summed E-state index contributed by atoms with van der Waals surface area (Å²) in [6.45, 7) is 4.34. The third-order valence-electron chi connectivity index (χ3n) is 7.09. The Kier molecular flexibility index (Phi) is 4.42. The first kappa shape index (κ1) is 19.0. The summed E-state index contributed by atoms with van der Waals surface area (Å²) >= 11 is 6.13. The zero-order chi connectivity index (χ0) is 21.1. The summed E-state index contributed by atoms with van der Waals surface area (Å²) < 4.78 is 2.20. The van der Waals surface area contributed by atoms with Crippen LogP contribution in [0.1, 0.15) is 52.0 Å². The Bertz CT molecular complexity index is 1270. The highest BCUT2D eigenvalue weighted by molar-refractivity contribution is 6.29. The lowest BCUT2D eigenvalue weighted by molar-refractivity contribution is 0.157. The second-order valence-electron chi connectivity index (χ2n) is 9.31. The van der Waals surface area contributed by atoms with E-state index in [-0.39, 0.29) is 0 Å². The van der Waals surface area contributed by atoms with E-state index in [4.69, 9.17) is 21.6 Å². The van der Waals surface area contributed by atoms with E-state index in [0.29, 0.717) is 34.2 Å². The number of rotatable bonds is 4. The number of fused-ring (bicyclic) bond motifs is 5. The maximum Gasteiger partial charge on any atom is 0.167 e. The first-order chi connectivity index (χ1) is 15.1. The van der Waals surface area contributed by atoms with E-state index in [1.165, 1.54) is 32.1 Å². The molecule has 0 amide bonds. The van der Waals surface area contributed by atoms with Crippen molar-refractivity contribution in [3.63, 3.8) is 0 Å². The SMILES string of the molecule is CC(C)n1ccc2c(NC3CC4CCC3CC4)nc(-c3c[nH]c4ncc(Cl)nc34)nc21. The van der Waals surface area contributed by atoms with E-state index in [2.05, 4.69) is 50.9 Å². The predicted octanol–water partition coefficient (Wildman–Crippen LogP) is 5.59. The van der Waals surface area contributed by atoms with E-state index in [1.54, 1.807) is 6.20 Å². The Balaban J connectivity index is 1.50. The fourth-order valence-corrected chi connectivity index (χ4v) is 5.58. The summed E-state index contributed by atoms with van der Waals surface area (Å²) in [7, 11) is 0. The zero-order valence-corrected chi connectivity index (χ0v) is 18.5. The second kappa shape index (κ2) is 7.19. The van der Waals surface area contributed by atoms with Gasteiger partial charge in [-0.25, -0.2) is 19.9 Å². The van der Waals surface area contributed by atoms with Crippen molar-refractivity contribution in [1.29, 1.82) is 0 Å². The number of halogens is 1. The molecule has 3 saturated carbocycles. The number of H-pyrrole nitrogens is 1. The standard InChI is InChI=1S/C23H26ClN7/c1-12(2)31-8-7-15-20(27-17-9-13-3-5-14(17)6-4-13)29-21(30-23(15)31)16-10-25-22-19(16)28-18(24)11-26-22/h7-8,10-14,17H,3-6,9H2,1-2H3,(H,25,26)(H,27,29,30). The van der Waals surface area contributed by atoms with Crippen molar-refractivity contribution in [3.05, 3.63) is 29.8 Å². The van der Waals surface area contributed by atoms with Gasteiger partial charge in [-0.3, -0.25) is 0 Å². The van der Waals surface area contributed by atoms with Crippen molar-refractivity contribution in [2.75, 3.05) is 5.32 Å². The van der Waals surface area contributed by atoms with Gasteiger partial charge in [0.05, 0.1) is 17.1 Å². The second-order valence-corrected chi connectivity index (χ2v) is 9.70. The number of nitrogens with zero attached hydrogens (tertiary/aromatic N) is 5. The maximum atomic E-state index is 6.13. The minimum absolute atomic E-state index is 0.302. The van der Waals surface area contributed by atoms with Gasteiger partial charge in [-0.05, 0) is 51.0 Å². The first-order valence-electron chi connectivity index (χ1n) is 11.2. The van der Waals surface area contributed by atoms with Gasteiger partial charge in [-0.2, -0.15) is 0 Å². The third kappa shape index (κ3) is 3.17. The molecule has 160 valence electrons. The number of hydrogen-bond donors (Lipinski definition) is 2. The maximum absolute atomic E-state index is 6.13. The van der Waals surface area contributed by atoms with Gasteiger partial charge in [-0.15, -0.1) is 0 Å². The van der Waals surface area contributed by atoms with Crippen LogP contribution in [0, 0.1) is 11.8 Å². The normalized spacial score (nSPS) is 23.3. The van der Waals surface area contributed by atoms with E-state index in [9.17, 15) is 0 Å². The smallest absolute Gasteiger partial charge is 0.167 e. The van der Waals surface area contributed by atoms with Crippen LogP contribution in [-0.2, 0) is 0 Å². The molecule has 0 saturated heterocycles. The molecule has 1 atom stereocenters. The summed E-state index contributed by atoms with van der Waals surface area (Å²) in [6, 6.07) is 2.92.